The third-order valence-corrected chi connectivity index (χ3v) is 8.80. The lowest BCUT2D eigenvalue weighted by atomic mass is 9.82. The number of ether oxygens (including phenoxy) is 5. The van der Waals surface area contributed by atoms with Crippen molar-refractivity contribution in [3.63, 3.8) is 0 Å². The predicted octanol–water partition coefficient (Wildman–Crippen LogP) is 3.68. The van der Waals surface area contributed by atoms with Gasteiger partial charge in [-0.25, -0.2) is 9.78 Å². The first-order chi connectivity index (χ1) is 20.0. The van der Waals surface area contributed by atoms with Crippen molar-refractivity contribution < 1.29 is 33.6 Å². The van der Waals surface area contributed by atoms with Gasteiger partial charge in [0.2, 0.25) is 0 Å². The Hall–Kier alpha value is -2.96. The summed E-state index contributed by atoms with van der Waals surface area (Å²) in [7, 11) is 0. The molecule has 1 unspecified atom stereocenters. The van der Waals surface area contributed by atoms with E-state index in [1.165, 1.54) is 5.56 Å². The summed E-state index contributed by atoms with van der Waals surface area (Å²) in [5.74, 6) is 0.420. The molecule has 2 aromatic heterocycles. The largest absolute Gasteiger partial charge is 0.456 e. The molecule has 2 N–H and O–H groups in total. The topological polar surface area (TPSA) is 128 Å². The molecule has 3 aromatic rings. The Balaban J connectivity index is 0.981. The van der Waals surface area contributed by atoms with Gasteiger partial charge in [0.05, 0.1) is 42.7 Å². The monoisotopic (exact) mass is 584 g/mol. The number of aliphatic hydroxyl groups excluding tert-OH is 1. The maximum atomic E-state index is 12.4. The van der Waals surface area contributed by atoms with Gasteiger partial charge in [0, 0.05) is 18.7 Å². The van der Waals surface area contributed by atoms with Crippen LogP contribution in [0.3, 0.4) is 0 Å². The highest BCUT2D eigenvalue weighted by atomic mass is 35.5. The maximum absolute atomic E-state index is 12.4. The van der Waals surface area contributed by atoms with E-state index in [4.69, 9.17) is 40.3 Å². The van der Waals surface area contributed by atoms with Crippen LogP contribution in [-0.4, -0.2) is 101 Å². The molecule has 4 atom stereocenters. The van der Waals surface area contributed by atoms with Crippen LogP contribution in [0.1, 0.15) is 37.2 Å². The number of hydrogen-bond acceptors (Lipinski definition) is 9. The van der Waals surface area contributed by atoms with Gasteiger partial charge in [-0.05, 0) is 43.2 Å². The van der Waals surface area contributed by atoms with Gasteiger partial charge in [0.1, 0.15) is 24.4 Å². The van der Waals surface area contributed by atoms with Crippen LogP contribution in [0.15, 0.2) is 30.3 Å². The number of nitrogens with one attached hydrogen (secondary N) is 1. The molecule has 218 valence electrons. The average Bonchev–Trinajstić information content (AvgIpc) is 3.70. The quantitative estimate of drug-likeness (QED) is 0.461. The minimum absolute atomic E-state index is 0.0294. The van der Waals surface area contributed by atoms with Crippen molar-refractivity contribution in [3.8, 4) is 17.3 Å². The first-order valence-electron chi connectivity index (χ1n) is 14.3. The van der Waals surface area contributed by atoms with Crippen molar-refractivity contribution in [3.05, 3.63) is 40.9 Å². The number of aromatic nitrogens is 3. The van der Waals surface area contributed by atoms with Crippen LogP contribution in [0.4, 0.5) is 4.79 Å². The van der Waals surface area contributed by atoms with Crippen LogP contribution >= 0.6 is 11.6 Å². The zero-order chi connectivity index (χ0) is 27.9. The standard InChI is InChI=1S/C29H33ClN4O7/c30-20-13-21-27(33-28(31-21)41-23-15-39-25-22(35)14-38-26(23)25)32-24(20)18-3-1-16(2-4-18)17-5-7-19(8-6-17)40-29(36)34-9-11-37-12-10-34/h1-4,13,17,19,22-23,25-26,35H,5-12,14-15H2,(H,31,32,33)/t17?,19?,22?,23-,25-,26-/m1/s1. The van der Waals surface area contributed by atoms with Gasteiger partial charge < -0.3 is 38.7 Å². The fraction of sp³-hybridized carbons (Fsp3) is 0.552. The van der Waals surface area contributed by atoms with Crippen LogP contribution in [0, 0.1) is 0 Å². The lowest BCUT2D eigenvalue weighted by Crippen LogP contribution is -2.42. The number of carbonyl (C=O) groups is 1. The van der Waals surface area contributed by atoms with Crippen LogP contribution in [0.2, 0.25) is 5.02 Å². The summed E-state index contributed by atoms with van der Waals surface area (Å²) in [6, 6.07) is 10.5. The van der Waals surface area contributed by atoms with Crippen molar-refractivity contribution in [1.29, 1.82) is 0 Å². The molecule has 11 nitrogen and oxygen atoms in total. The number of pyridine rings is 1. The summed E-state index contributed by atoms with van der Waals surface area (Å²) < 4.78 is 28.4. The summed E-state index contributed by atoms with van der Waals surface area (Å²) in [4.78, 5) is 26.5. The van der Waals surface area contributed by atoms with Crippen molar-refractivity contribution in [2.45, 2.75) is 62.1 Å². The number of benzene rings is 1. The van der Waals surface area contributed by atoms with E-state index >= 15 is 0 Å². The number of amides is 1. The smallest absolute Gasteiger partial charge is 0.410 e. The third-order valence-electron chi connectivity index (χ3n) is 8.52. The highest BCUT2D eigenvalue weighted by Crippen LogP contribution is 2.36. The Bertz CT molecular complexity index is 1390. The number of rotatable bonds is 5. The summed E-state index contributed by atoms with van der Waals surface area (Å²) in [6.45, 7) is 2.89. The van der Waals surface area contributed by atoms with Crippen molar-refractivity contribution in [1.82, 2.24) is 19.9 Å². The van der Waals surface area contributed by atoms with Crippen molar-refractivity contribution >= 4 is 28.9 Å². The summed E-state index contributed by atoms with van der Waals surface area (Å²) in [5, 5.41) is 10.5. The molecule has 1 aromatic carbocycles. The molecule has 3 saturated heterocycles. The minimum Gasteiger partial charge on any atom is -0.456 e. The second-order valence-electron chi connectivity index (χ2n) is 11.1. The molecule has 0 spiro atoms. The van der Waals surface area contributed by atoms with Gasteiger partial charge >= 0.3 is 6.09 Å². The normalized spacial score (nSPS) is 30.0. The molecular formula is C29H33ClN4O7. The number of carbonyl (C=O) groups excluding carboxylic acids is 1. The van der Waals surface area contributed by atoms with E-state index in [-0.39, 0.29) is 37.1 Å². The van der Waals surface area contributed by atoms with Crippen LogP contribution in [0.25, 0.3) is 22.4 Å². The van der Waals surface area contributed by atoms with E-state index < -0.39 is 6.10 Å². The Labute approximate surface area is 242 Å². The van der Waals surface area contributed by atoms with Crippen LogP contribution in [-0.2, 0) is 18.9 Å². The number of halogens is 1. The second kappa shape index (κ2) is 11.4. The zero-order valence-corrected chi connectivity index (χ0v) is 23.3. The van der Waals surface area contributed by atoms with Gasteiger partial charge in [-0.15, -0.1) is 0 Å². The fourth-order valence-corrected chi connectivity index (χ4v) is 6.49. The third kappa shape index (κ3) is 5.49. The first-order valence-corrected chi connectivity index (χ1v) is 14.7. The Morgan fingerprint density at radius 2 is 1.78 bits per heavy atom. The number of aliphatic hydroxyl groups is 1. The molecule has 12 heteroatoms. The minimum atomic E-state index is -0.640. The Morgan fingerprint density at radius 3 is 2.56 bits per heavy atom. The molecule has 5 heterocycles. The SMILES string of the molecule is O=C(OC1CCC(c2ccc(-c3nc4nc(O[C@@H]5CO[C@@H]6C(O)CO[C@@H]65)[nH]c4cc3Cl)cc2)CC1)N1CCOCC1. The molecule has 0 bridgehead atoms. The number of morpholine rings is 1. The van der Waals surface area contributed by atoms with Gasteiger partial charge in [-0.3, -0.25) is 0 Å². The maximum Gasteiger partial charge on any atom is 0.410 e. The molecule has 1 saturated carbocycles. The fourth-order valence-electron chi connectivity index (χ4n) is 6.23. The average molecular weight is 585 g/mol. The lowest BCUT2D eigenvalue weighted by Gasteiger charge is -2.32. The molecule has 4 fully saturated rings. The van der Waals surface area contributed by atoms with Gasteiger partial charge in [-0.2, -0.15) is 4.98 Å². The van der Waals surface area contributed by atoms with Gasteiger partial charge in [0.15, 0.2) is 11.8 Å². The highest BCUT2D eigenvalue weighted by Gasteiger charge is 2.48. The number of H-pyrrole nitrogens is 1. The molecule has 41 heavy (non-hydrogen) atoms. The van der Waals surface area contributed by atoms with E-state index in [0.29, 0.717) is 66.7 Å². The zero-order valence-electron chi connectivity index (χ0n) is 22.5. The number of nitrogens with zero attached hydrogens (tertiary/aromatic N) is 3. The molecule has 3 aliphatic heterocycles. The second-order valence-corrected chi connectivity index (χ2v) is 11.5. The highest BCUT2D eigenvalue weighted by molar-refractivity contribution is 6.33. The Kier molecular flexibility index (Phi) is 7.46. The molecule has 1 amide bonds. The lowest BCUT2D eigenvalue weighted by molar-refractivity contribution is 0.00445. The van der Waals surface area contributed by atoms with E-state index in [0.717, 1.165) is 31.2 Å². The van der Waals surface area contributed by atoms with Crippen molar-refractivity contribution in [2.75, 3.05) is 39.5 Å². The summed E-state index contributed by atoms with van der Waals surface area (Å²) in [5.41, 5.74) is 3.97. The molecule has 0 radical (unpaired) electrons. The number of imidazole rings is 1. The number of fused-ring (bicyclic) bond motifs is 2. The van der Waals surface area contributed by atoms with E-state index in [2.05, 4.69) is 22.1 Å². The summed E-state index contributed by atoms with van der Waals surface area (Å²) >= 11 is 6.64. The van der Waals surface area contributed by atoms with Gasteiger partial charge in [0.25, 0.3) is 6.01 Å². The Morgan fingerprint density at radius 1 is 1.02 bits per heavy atom. The van der Waals surface area contributed by atoms with Crippen LogP contribution < -0.4 is 4.74 Å². The van der Waals surface area contributed by atoms with Crippen LogP contribution in [0.5, 0.6) is 6.01 Å². The van der Waals surface area contributed by atoms with E-state index in [9.17, 15) is 9.90 Å². The van der Waals surface area contributed by atoms with E-state index in [1.807, 2.05) is 12.1 Å². The molecule has 1 aliphatic carbocycles. The number of aromatic amines is 1. The molecule has 4 aliphatic rings. The first kappa shape index (κ1) is 26.9. The van der Waals surface area contributed by atoms with Crippen molar-refractivity contribution in [2.24, 2.45) is 0 Å². The molecular weight excluding hydrogens is 552 g/mol. The predicted molar refractivity (Wildman–Crippen MR) is 148 cm³/mol. The van der Waals surface area contributed by atoms with Gasteiger partial charge in [-0.1, -0.05) is 35.9 Å². The summed E-state index contributed by atoms with van der Waals surface area (Å²) in [6.07, 6.45) is 1.70. The molecule has 7 rings (SSSR count). The number of hydrogen-bond donors (Lipinski definition) is 2. The van der Waals surface area contributed by atoms with E-state index in [1.54, 1.807) is 11.0 Å².